The van der Waals surface area contributed by atoms with Crippen molar-refractivity contribution in [2.45, 2.75) is 19.8 Å². The van der Waals surface area contributed by atoms with Crippen LogP contribution in [0.4, 0.5) is 11.4 Å². The molecular weight excluding hydrogens is 274 g/mol. The quantitative estimate of drug-likeness (QED) is 0.939. The molecule has 0 unspecified atom stereocenters. The molecule has 1 aromatic heterocycles. The summed E-state index contributed by atoms with van der Waals surface area (Å²) in [6.07, 6.45) is 3.88. The van der Waals surface area contributed by atoms with E-state index in [4.69, 9.17) is 0 Å². The standard InChI is InChI=1S/C18H21N3O/c1-14-9-11-21(12-10-14)18(22)17-8-7-16(13-19-17)20-15-5-3-2-4-6-15/h2-8,13-14,20H,9-12H2,1H3. The molecule has 0 saturated carbocycles. The normalized spacial score (nSPS) is 15.6. The summed E-state index contributed by atoms with van der Waals surface area (Å²) >= 11 is 0. The van der Waals surface area contributed by atoms with Crippen molar-refractivity contribution in [1.82, 2.24) is 9.88 Å². The molecule has 1 aliphatic rings. The van der Waals surface area contributed by atoms with E-state index < -0.39 is 0 Å². The Morgan fingerprint density at radius 1 is 1.09 bits per heavy atom. The fourth-order valence-electron chi connectivity index (χ4n) is 2.66. The summed E-state index contributed by atoms with van der Waals surface area (Å²) in [4.78, 5) is 18.6. The van der Waals surface area contributed by atoms with Gasteiger partial charge in [0.05, 0.1) is 11.9 Å². The van der Waals surface area contributed by atoms with Gasteiger partial charge in [-0.05, 0) is 43.0 Å². The van der Waals surface area contributed by atoms with Crippen LogP contribution in [0, 0.1) is 5.92 Å². The molecule has 0 atom stereocenters. The maximum absolute atomic E-state index is 12.4. The first-order valence-electron chi connectivity index (χ1n) is 7.80. The van der Waals surface area contributed by atoms with Crippen LogP contribution in [-0.2, 0) is 0 Å². The van der Waals surface area contributed by atoms with Crippen LogP contribution in [0.3, 0.4) is 0 Å². The van der Waals surface area contributed by atoms with Gasteiger partial charge in [0, 0.05) is 18.8 Å². The summed E-state index contributed by atoms with van der Waals surface area (Å²) in [6.45, 7) is 3.92. The molecule has 4 nitrogen and oxygen atoms in total. The molecular formula is C18H21N3O. The minimum Gasteiger partial charge on any atom is -0.354 e. The van der Waals surface area contributed by atoms with Gasteiger partial charge in [-0.2, -0.15) is 0 Å². The molecule has 2 heterocycles. The average Bonchev–Trinajstić information content (AvgIpc) is 2.57. The monoisotopic (exact) mass is 295 g/mol. The van der Waals surface area contributed by atoms with Gasteiger partial charge in [0.1, 0.15) is 5.69 Å². The molecule has 2 aromatic rings. The number of piperidine rings is 1. The number of hydrogen-bond acceptors (Lipinski definition) is 3. The molecule has 1 aliphatic heterocycles. The number of pyridine rings is 1. The van der Waals surface area contributed by atoms with Crippen LogP contribution in [0.2, 0.25) is 0 Å². The second-order valence-corrected chi connectivity index (χ2v) is 5.90. The van der Waals surface area contributed by atoms with Crippen LogP contribution in [0.15, 0.2) is 48.7 Å². The smallest absolute Gasteiger partial charge is 0.272 e. The summed E-state index contributed by atoms with van der Waals surface area (Å²) < 4.78 is 0. The van der Waals surface area contributed by atoms with Gasteiger partial charge in [0.2, 0.25) is 0 Å². The summed E-state index contributed by atoms with van der Waals surface area (Å²) in [5.41, 5.74) is 2.41. The van der Waals surface area contributed by atoms with Gasteiger partial charge < -0.3 is 10.2 Å². The Labute approximate surface area is 131 Å². The second-order valence-electron chi connectivity index (χ2n) is 5.90. The van der Waals surface area contributed by atoms with Crippen LogP contribution in [0.1, 0.15) is 30.3 Å². The van der Waals surface area contributed by atoms with Gasteiger partial charge in [0.15, 0.2) is 0 Å². The molecule has 0 spiro atoms. The predicted molar refractivity (Wildman–Crippen MR) is 88.3 cm³/mol. The van der Waals surface area contributed by atoms with Crippen molar-refractivity contribution in [2.75, 3.05) is 18.4 Å². The van der Waals surface area contributed by atoms with E-state index in [0.717, 1.165) is 43.2 Å². The number of carbonyl (C=O) groups excluding carboxylic acids is 1. The first-order chi connectivity index (χ1) is 10.7. The van der Waals surface area contributed by atoms with Crippen molar-refractivity contribution in [3.8, 4) is 0 Å². The van der Waals surface area contributed by atoms with Crippen LogP contribution in [-0.4, -0.2) is 28.9 Å². The van der Waals surface area contributed by atoms with Gasteiger partial charge >= 0.3 is 0 Å². The maximum atomic E-state index is 12.4. The molecule has 22 heavy (non-hydrogen) atoms. The Hall–Kier alpha value is -2.36. The summed E-state index contributed by atoms with van der Waals surface area (Å²) in [6, 6.07) is 13.6. The molecule has 1 fully saturated rings. The number of carbonyl (C=O) groups is 1. The minimum atomic E-state index is 0.0400. The highest BCUT2D eigenvalue weighted by Gasteiger charge is 2.22. The third-order valence-corrected chi connectivity index (χ3v) is 4.12. The lowest BCUT2D eigenvalue weighted by atomic mass is 9.99. The lowest BCUT2D eigenvalue weighted by Gasteiger charge is -2.30. The Morgan fingerprint density at radius 3 is 2.45 bits per heavy atom. The molecule has 0 aliphatic carbocycles. The van der Waals surface area contributed by atoms with E-state index >= 15 is 0 Å². The van der Waals surface area contributed by atoms with E-state index in [1.165, 1.54) is 0 Å². The van der Waals surface area contributed by atoms with Gasteiger partial charge in [0.25, 0.3) is 5.91 Å². The first-order valence-corrected chi connectivity index (χ1v) is 7.80. The van der Waals surface area contributed by atoms with Gasteiger partial charge in [-0.1, -0.05) is 25.1 Å². The molecule has 0 bridgehead atoms. The molecule has 3 rings (SSSR count). The summed E-state index contributed by atoms with van der Waals surface area (Å²) in [7, 11) is 0. The molecule has 1 aromatic carbocycles. The third kappa shape index (κ3) is 3.45. The molecule has 1 amide bonds. The summed E-state index contributed by atoms with van der Waals surface area (Å²) in [5.74, 6) is 0.757. The zero-order chi connectivity index (χ0) is 15.4. The largest absolute Gasteiger partial charge is 0.354 e. The Balaban J connectivity index is 1.65. The van der Waals surface area contributed by atoms with E-state index in [1.807, 2.05) is 41.3 Å². The average molecular weight is 295 g/mol. The Kier molecular flexibility index (Phi) is 4.37. The summed E-state index contributed by atoms with van der Waals surface area (Å²) in [5, 5.41) is 3.27. The number of rotatable bonds is 3. The number of hydrogen-bond donors (Lipinski definition) is 1. The number of nitrogens with one attached hydrogen (secondary N) is 1. The molecule has 1 saturated heterocycles. The second kappa shape index (κ2) is 6.60. The van der Waals surface area contributed by atoms with Crippen LogP contribution in [0.25, 0.3) is 0 Å². The number of benzene rings is 1. The van der Waals surface area contributed by atoms with Crippen molar-refractivity contribution in [3.63, 3.8) is 0 Å². The molecule has 114 valence electrons. The van der Waals surface area contributed by atoms with Gasteiger partial charge in [-0.3, -0.25) is 4.79 Å². The van der Waals surface area contributed by atoms with Crippen LogP contribution in [0.5, 0.6) is 0 Å². The fourth-order valence-corrected chi connectivity index (χ4v) is 2.66. The topological polar surface area (TPSA) is 45.2 Å². The highest BCUT2D eigenvalue weighted by Crippen LogP contribution is 2.19. The highest BCUT2D eigenvalue weighted by atomic mass is 16.2. The van der Waals surface area contributed by atoms with E-state index in [0.29, 0.717) is 5.69 Å². The number of anilines is 2. The van der Waals surface area contributed by atoms with Crippen molar-refractivity contribution in [3.05, 3.63) is 54.4 Å². The molecule has 0 radical (unpaired) electrons. The molecule has 1 N–H and O–H groups in total. The maximum Gasteiger partial charge on any atom is 0.272 e. The van der Waals surface area contributed by atoms with Gasteiger partial charge in [-0.15, -0.1) is 0 Å². The SMILES string of the molecule is CC1CCN(C(=O)c2ccc(Nc3ccccc3)cn2)CC1. The number of likely N-dealkylation sites (tertiary alicyclic amines) is 1. The van der Waals surface area contributed by atoms with Gasteiger partial charge in [-0.25, -0.2) is 4.98 Å². The lowest BCUT2D eigenvalue weighted by molar-refractivity contribution is 0.0691. The lowest BCUT2D eigenvalue weighted by Crippen LogP contribution is -2.38. The number of para-hydroxylation sites is 1. The number of amides is 1. The van der Waals surface area contributed by atoms with Crippen molar-refractivity contribution < 1.29 is 4.79 Å². The fraction of sp³-hybridized carbons (Fsp3) is 0.333. The van der Waals surface area contributed by atoms with E-state index in [2.05, 4.69) is 17.2 Å². The first kappa shape index (κ1) is 14.6. The Morgan fingerprint density at radius 2 is 1.82 bits per heavy atom. The molecule has 4 heteroatoms. The van der Waals surface area contributed by atoms with E-state index in [-0.39, 0.29) is 5.91 Å². The highest BCUT2D eigenvalue weighted by molar-refractivity contribution is 5.92. The minimum absolute atomic E-state index is 0.0400. The van der Waals surface area contributed by atoms with E-state index in [9.17, 15) is 4.79 Å². The number of nitrogens with zero attached hydrogens (tertiary/aromatic N) is 2. The Bertz CT molecular complexity index is 617. The van der Waals surface area contributed by atoms with Crippen LogP contribution >= 0.6 is 0 Å². The zero-order valence-corrected chi connectivity index (χ0v) is 12.8. The van der Waals surface area contributed by atoms with E-state index in [1.54, 1.807) is 12.3 Å². The number of aromatic nitrogens is 1. The van der Waals surface area contributed by atoms with Crippen LogP contribution < -0.4 is 5.32 Å². The van der Waals surface area contributed by atoms with Crippen molar-refractivity contribution >= 4 is 17.3 Å². The predicted octanol–water partition coefficient (Wildman–Crippen LogP) is 3.70. The van der Waals surface area contributed by atoms with Crippen molar-refractivity contribution in [2.24, 2.45) is 5.92 Å². The third-order valence-electron chi connectivity index (χ3n) is 4.12. The van der Waals surface area contributed by atoms with Crippen molar-refractivity contribution in [1.29, 1.82) is 0 Å². The zero-order valence-electron chi connectivity index (χ0n) is 12.8.